The predicted molar refractivity (Wildman–Crippen MR) is 77.1 cm³/mol. The van der Waals surface area contributed by atoms with Crippen molar-refractivity contribution in [3.05, 3.63) is 71.0 Å². The van der Waals surface area contributed by atoms with Gasteiger partial charge in [0.2, 0.25) is 10.0 Å². The van der Waals surface area contributed by atoms with Crippen LogP contribution in [0.2, 0.25) is 0 Å². The first-order chi connectivity index (χ1) is 10.4. The van der Waals surface area contributed by atoms with E-state index in [0.29, 0.717) is 5.56 Å². The summed E-state index contributed by atoms with van der Waals surface area (Å²) in [7, 11) is -3.61. The highest BCUT2D eigenvalue weighted by Gasteiger charge is 2.12. The summed E-state index contributed by atoms with van der Waals surface area (Å²) < 4.78 is 64.9. The number of hydrogen-bond acceptors (Lipinski definition) is 2. The molecule has 3 nitrogen and oxygen atoms in total. The topological polar surface area (TPSA) is 46.2 Å². The lowest BCUT2D eigenvalue weighted by molar-refractivity contribution is 0.565. The standard InChI is InChI=1S/C15H14F3NO2S/c16-13-4-1-11(2-5-13)10-22(20,21)19-8-7-12-3-6-14(17)9-15(12)18/h1-6,9,19H,7-8,10H2. The van der Waals surface area contributed by atoms with Crippen molar-refractivity contribution in [1.82, 2.24) is 4.72 Å². The van der Waals surface area contributed by atoms with Crippen LogP contribution in [-0.4, -0.2) is 15.0 Å². The molecule has 1 N–H and O–H groups in total. The van der Waals surface area contributed by atoms with Crippen molar-refractivity contribution in [3.63, 3.8) is 0 Å². The highest BCUT2D eigenvalue weighted by Crippen LogP contribution is 2.10. The lowest BCUT2D eigenvalue weighted by Crippen LogP contribution is -2.27. The van der Waals surface area contributed by atoms with Crippen LogP contribution in [0.3, 0.4) is 0 Å². The lowest BCUT2D eigenvalue weighted by Gasteiger charge is -2.07. The molecule has 0 fully saturated rings. The predicted octanol–water partition coefficient (Wildman–Crippen LogP) is 2.77. The normalized spacial score (nSPS) is 11.6. The summed E-state index contributed by atoms with van der Waals surface area (Å²) in [5, 5.41) is 0. The van der Waals surface area contributed by atoms with E-state index in [1.165, 1.54) is 30.3 Å². The molecule has 0 atom stereocenters. The summed E-state index contributed by atoms with van der Waals surface area (Å²) in [6.07, 6.45) is 0.106. The van der Waals surface area contributed by atoms with E-state index >= 15 is 0 Å². The van der Waals surface area contributed by atoms with Crippen molar-refractivity contribution in [3.8, 4) is 0 Å². The highest BCUT2D eigenvalue weighted by atomic mass is 32.2. The molecule has 7 heteroatoms. The van der Waals surface area contributed by atoms with Gasteiger partial charge in [-0.25, -0.2) is 26.3 Å². The zero-order valence-electron chi connectivity index (χ0n) is 11.5. The number of rotatable bonds is 6. The molecule has 0 aromatic heterocycles. The highest BCUT2D eigenvalue weighted by molar-refractivity contribution is 7.88. The second kappa shape index (κ2) is 6.93. The average molecular weight is 329 g/mol. The zero-order valence-corrected chi connectivity index (χ0v) is 12.3. The molecule has 0 spiro atoms. The SMILES string of the molecule is O=S(=O)(Cc1ccc(F)cc1)NCCc1ccc(F)cc1F. The van der Waals surface area contributed by atoms with E-state index in [1.807, 2.05) is 0 Å². The van der Waals surface area contributed by atoms with Crippen LogP contribution in [0.5, 0.6) is 0 Å². The molecule has 0 aliphatic rings. The second-order valence-corrected chi connectivity index (χ2v) is 6.57. The van der Waals surface area contributed by atoms with Crippen LogP contribution in [0.1, 0.15) is 11.1 Å². The molecular formula is C15H14F3NO2S. The van der Waals surface area contributed by atoms with Crippen LogP contribution in [0.25, 0.3) is 0 Å². The summed E-state index contributed by atoms with van der Waals surface area (Å²) in [5.74, 6) is -2.13. The molecule has 118 valence electrons. The molecule has 2 aromatic rings. The quantitative estimate of drug-likeness (QED) is 0.886. The molecule has 0 heterocycles. The van der Waals surface area contributed by atoms with Crippen molar-refractivity contribution in [2.45, 2.75) is 12.2 Å². The van der Waals surface area contributed by atoms with Crippen LogP contribution in [0.4, 0.5) is 13.2 Å². The van der Waals surface area contributed by atoms with Gasteiger partial charge in [-0.1, -0.05) is 18.2 Å². The second-order valence-electron chi connectivity index (χ2n) is 4.77. The van der Waals surface area contributed by atoms with Crippen LogP contribution in [-0.2, 0) is 22.2 Å². The van der Waals surface area contributed by atoms with E-state index in [1.54, 1.807) is 0 Å². The van der Waals surface area contributed by atoms with E-state index in [9.17, 15) is 21.6 Å². The first-order valence-corrected chi connectivity index (χ1v) is 8.17. The van der Waals surface area contributed by atoms with E-state index in [-0.39, 0.29) is 24.3 Å². The van der Waals surface area contributed by atoms with Crippen LogP contribution < -0.4 is 4.72 Å². The van der Waals surface area contributed by atoms with E-state index in [0.717, 1.165) is 12.1 Å². The Morgan fingerprint density at radius 2 is 1.55 bits per heavy atom. The Kier molecular flexibility index (Phi) is 5.20. The molecule has 0 saturated heterocycles. The Bertz CT molecular complexity index is 746. The summed E-state index contributed by atoms with van der Waals surface area (Å²) >= 11 is 0. The van der Waals surface area contributed by atoms with Crippen molar-refractivity contribution < 1.29 is 21.6 Å². The third-order valence-electron chi connectivity index (χ3n) is 3.00. The number of sulfonamides is 1. The minimum Gasteiger partial charge on any atom is -0.215 e. The monoisotopic (exact) mass is 329 g/mol. The Morgan fingerprint density at radius 1 is 0.909 bits per heavy atom. The molecule has 2 rings (SSSR count). The molecule has 0 radical (unpaired) electrons. The third-order valence-corrected chi connectivity index (χ3v) is 4.36. The molecule has 2 aromatic carbocycles. The van der Waals surface area contributed by atoms with Crippen LogP contribution in [0.15, 0.2) is 42.5 Å². The summed E-state index contributed by atoms with van der Waals surface area (Å²) in [4.78, 5) is 0. The largest absolute Gasteiger partial charge is 0.215 e. The smallest absolute Gasteiger partial charge is 0.215 e. The average Bonchev–Trinajstić information content (AvgIpc) is 2.43. The fourth-order valence-electron chi connectivity index (χ4n) is 1.92. The van der Waals surface area contributed by atoms with Crippen LogP contribution in [0, 0.1) is 17.5 Å². The maximum Gasteiger partial charge on any atom is 0.215 e. The number of nitrogens with one attached hydrogen (secondary N) is 1. The van der Waals surface area contributed by atoms with Gasteiger partial charge in [-0.05, 0) is 35.7 Å². The number of benzene rings is 2. The van der Waals surface area contributed by atoms with Gasteiger partial charge in [-0.3, -0.25) is 0 Å². The molecule has 0 amide bonds. The first-order valence-electron chi connectivity index (χ1n) is 6.51. The minimum absolute atomic E-state index is 0.00786. The Balaban J connectivity index is 1.91. The summed E-state index contributed by atoms with van der Waals surface area (Å²) in [6, 6.07) is 8.27. The molecular weight excluding hydrogens is 315 g/mol. The minimum atomic E-state index is -3.61. The van der Waals surface area contributed by atoms with E-state index in [4.69, 9.17) is 0 Å². The summed E-state index contributed by atoms with van der Waals surface area (Å²) in [5.41, 5.74) is 0.674. The van der Waals surface area contributed by atoms with Gasteiger partial charge < -0.3 is 0 Å². The van der Waals surface area contributed by atoms with Crippen molar-refractivity contribution in [1.29, 1.82) is 0 Å². The van der Waals surface area contributed by atoms with Gasteiger partial charge in [0.25, 0.3) is 0 Å². The Hall–Kier alpha value is -1.86. The molecule has 0 bridgehead atoms. The number of halogens is 3. The van der Waals surface area contributed by atoms with E-state index in [2.05, 4.69) is 4.72 Å². The van der Waals surface area contributed by atoms with Gasteiger partial charge in [0.15, 0.2) is 0 Å². The third kappa shape index (κ3) is 4.85. The first kappa shape index (κ1) is 16.5. The fourth-order valence-corrected chi connectivity index (χ4v) is 3.06. The van der Waals surface area contributed by atoms with Crippen LogP contribution >= 0.6 is 0 Å². The maximum atomic E-state index is 13.4. The van der Waals surface area contributed by atoms with Crippen molar-refractivity contribution >= 4 is 10.0 Å². The molecule has 0 aliphatic carbocycles. The Labute approximate surface area is 126 Å². The zero-order chi connectivity index (χ0) is 16.2. The lowest BCUT2D eigenvalue weighted by atomic mass is 10.1. The number of hydrogen-bond donors (Lipinski definition) is 1. The van der Waals surface area contributed by atoms with Crippen molar-refractivity contribution in [2.75, 3.05) is 6.54 Å². The molecule has 0 unspecified atom stereocenters. The van der Waals surface area contributed by atoms with Gasteiger partial charge in [-0.2, -0.15) is 0 Å². The maximum absolute atomic E-state index is 13.4. The van der Waals surface area contributed by atoms with Gasteiger partial charge in [-0.15, -0.1) is 0 Å². The Morgan fingerprint density at radius 3 is 2.18 bits per heavy atom. The van der Waals surface area contributed by atoms with Gasteiger partial charge in [0.05, 0.1) is 5.75 Å². The molecule has 0 saturated carbocycles. The van der Waals surface area contributed by atoms with Crippen molar-refractivity contribution in [2.24, 2.45) is 0 Å². The van der Waals surface area contributed by atoms with Gasteiger partial charge in [0.1, 0.15) is 17.5 Å². The van der Waals surface area contributed by atoms with Gasteiger partial charge >= 0.3 is 0 Å². The summed E-state index contributed by atoms with van der Waals surface area (Å²) in [6.45, 7) is -0.00786. The van der Waals surface area contributed by atoms with Gasteiger partial charge in [0, 0.05) is 12.6 Å². The fraction of sp³-hybridized carbons (Fsp3) is 0.200. The molecule has 0 aliphatic heterocycles. The molecule has 22 heavy (non-hydrogen) atoms. The van der Waals surface area contributed by atoms with E-state index < -0.39 is 27.5 Å².